The minimum atomic E-state index is -0.245. The van der Waals surface area contributed by atoms with E-state index in [4.69, 9.17) is 14.2 Å². The lowest BCUT2D eigenvalue weighted by Gasteiger charge is -2.12. The van der Waals surface area contributed by atoms with Gasteiger partial charge in [-0.3, -0.25) is 4.79 Å². The van der Waals surface area contributed by atoms with Gasteiger partial charge in [-0.2, -0.15) is 0 Å². The van der Waals surface area contributed by atoms with Crippen molar-refractivity contribution >= 4 is 5.91 Å². The summed E-state index contributed by atoms with van der Waals surface area (Å²) in [5, 5.41) is 10.8. The van der Waals surface area contributed by atoms with Crippen molar-refractivity contribution in [2.45, 2.75) is 31.9 Å². The Hall–Kier alpha value is -2.61. The van der Waals surface area contributed by atoms with Crippen molar-refractivity contribution in [3.05, 3.63) is 35.7 Å². The van der Waals surface area contributed by atoms with E-state index in [2.05, 4.69) is 15.6 Å². The van der Waals surface area contributed by atoms with Crippen LogP contribution < -0.4 is 14.8 Å². The molecule has 1 aromatic heterocycles. The lowest BCUT2D eigenvalue weighted by molar-refractivity contribution is 0.0930. The van der Waals surface area contributed by atoms with Gasteiger partial charge < -0.3 is 19.5 Å². The number of carbonyl (C=O) groups excluding carboxylic acids is 1. The van der Waals surface area contributed by atoms with Crippen LogP contribution in [-0.2, 0) is 17.7 Å². The maximum atomic E-state index is 12.2. The maximum Gasteiger partial charge on any atom is 0.273 e. The number of ether oxygens (including phenoxy) is 3. The third-order valence-corrected chi connectivity index (χ3v) is 4.35. The highest BCUT2D eigenvalue weighted by Crippen LogP contribution is 2.30. The van der Waals surface area contributed by atoms with Gasteiger partial charge in [-0.1, -0.05) is 17.3 Å². The van der Waals surface area contributed by atoms with E-state index >= 15 is 0 Å². The Morgan fingerprint density at radius 1 is 1.38 bits per heavy atom. The highest BCUT2D eigenvalue weighted by atomic mass is 16.5. The van der Waals surface area contributed by atoms with E-state index in [1.807, 2.05) is 18.2 Å². The number of para-hydroxylation sites is 1. The molecular formula is C18H24N4O4. The molecular weight excluding hydrogens is 336 g/mol. The average molecular weight is 360 g/mol. The first-order chi connectivity index (χ1) is 12.7. The molecule has 3 rings (SSSR count). The number of benzene rings is 1. The number of carbonyl (C=O) groups is 1. The van der Waals surface area contributed by atoms with Gasteiger partial charge in [-0.25, -0.2) is 4.68 Å². The van der Waals surface area contributed by atoms with E-state index in [1.54, 1.807) is 25.1 Å². The van der Waals surface area contributed by atoms with E-state index < -0.39 is 0 Å². The fraction of sp³-hybridized carbons (Fsp3) is 0.500. The fourth-order valence-corrected chi connectivity index (χ4v) is 3.04. The number of rotatable bonds is 8. The molecule has 1 aliphatic heterocycles. The summed E-state index contributed by atoms with van der Waals surface area (Å²) in [7, 11) is 3.20. The Morgan fingerprint density at radius 2 is 2.27 bits per heavy atom. The van der Waals surface area contributed by atoms with Crippen molar-refractivity contribution < 1.29 is 19.0 Å². The molecule has 8 nitrogen and oxygen atoms in total. The Labute approximate surface area is 152 Å². The van der Waals surface area contributed by atoms with Crippen LogP contribution in [0.15, 0.2) is 24.4 Å². The number of aromatic nitrogens is 3. The third kappa shape index (κ3) is 4.32. The van der Waals surface area contributed by atoms with Gasteiger partial charge in [0.2, 0.25) is 0 Å². The van der Waals surface area contributed by atoms with Gasteiger partial charge in [-0.05, 0) is 30.9 Å². The predicted octanol–water partition coefficient (Wildman–Crippen LogP) is 1.45. The summed E-state index contributed by atoms with van der Waals surface area (Å²) >= 11 is 0. The van der Waals surface area contributed by atoms with Crippen molar-refractivity contribution in [1.29, 1.82) is 0 Å². The second-order valence-electron chi connectivity index (χ2n) is 6.12. The predicted molar refractivity (Wildman–Crippen MR) is 94.6 cm³/mol. The highest BCUT2D eigenvalue weighted by molar-refractivity contribution is 5.91. The number of nitrogens with one attached hydrogen (secondary N) is 1. The quantitative estimate of drug-likeness (QED) is 0.767. The normalized spacial score (nSPS) is 16.5. The first-order valence-corrected chi connectivity index (χ1v) is 8.71. The van der Waals surface area contributed by atoms with Crippen LogP contribution in [0.4, 0.5) is 0 Å². The van der Waals surface area contributed by atoms with Crippen molar-refractivity contribution in [2.24, 2.45) is 0 Å². The molecule has 2 heterocycles. The zero-order valence-corrected chi connectivity index (χ0v) is 15.1. The summed E-state index contributed by atoms with van der Waals surface area (Å²) in [5.41, 5.74) is 1.27. The van der Waals surface area contributed by atoms with E-state index in [9.17, 15) is 4.79 Å². The zero-order chi connectivity index (χ0) is 18.4. The van der Waals surface area contributed by atoms with Gasteiger partial charge >= 0.3 is 0 Å². The van der Waals surface area contributed by atoms with Gasteiger partial charge in [0.05, 0.1) is 33.1 Å². The van der Waals surface area contributed by atoms with Gasteiger partial charge in [0.1, 0.15) is 0 Å². The molecule has 26 heavy (non-hydrogen) atoms. The van der Waals surface area contributed by atoms with Gasteiger partial charge in [0.25, 0.3) is 5.91 Å². The molecule has 0 aliphatic carbocycles. The molecule has 0 saturated carbocycles. The molecule has 0 radical (unpaired) electrons. The monoisotopic (exact) mass is 360 g/mol. The molecule has 1 aromatic carbocycles. The van der Waals surface area contributed by atoms with Gasteiger partial charge in [0.15, 0.2) is 17.2 Å². The summed E-state index contributed by atoms with van der Waals surface area (Å²) in [6.07, 6.45) is 4.52. The molecule has 1 amide bonds. The first-order valence-electron chi connectivity index (χ1n) is 8.71. The zero-order valence-electron chi connectivity index (χ0n) is 15.1. The van der Waals surface area contributed by atoms with E-state index in [1.165, 1.54) is 0 Å². The van der Waals surface area contributed by atoms with Crippen LogP contribution in [0.5, 0.6) is 11.5 Å². The standard InChI is InChI=1S/C18H24N4O4/c1-24-16-7-3-5-13(17(16)25-2)8-9-19-18(23)15-12-22(21-20-15)11-14-6-4-10-26-14/h3,5,7,12,14H,4,6,8-11H2,1-2H3,(H,19,23)/t14-/m0/s1. The number of hydrogen-bond acceptors (Lipinski definition) is 6. The minimum Gasteiger partial charge on any atom is -0.493 e. The Kier molecular flexibility index (Phi) is 6.06. The third-order valence-electron chi connectivity index (χ3n) is 4.35. The van der Waals surface area contributed by atoms with Gasteiger partial charge in [0, 0.05) is 13.2 Å². The molecule has 0 unspecified atom stereocenters. The number of hydrogen-bond donors (Lipinski definition) is 1. The second kappa shape index (κ2) is 8.66. The van der Waals surface area contributed by atoms with Crippen LogP contribution in [0.1, 0.15) is 28.9 Å². The highest BCUT2D eigenvalue weighted by Gasteiger charge is 2.18. The average Bonchev–Trinajstić information content (AvgIpc) is 3.33. The molecule has 140 valence electrons. The van der Waals surface area contributed by atoms with Crippen molar-refractivity contribution in [3.63, 3.8) is 0 Å². The molecule has 1 saturated heterocycles. The Morgan fingerprint density at radius 3 is 3.00 bits per heavy atom. The second-order valence-corrected chi connectivity index (χ2v) is 6.12. The van der Waals surface area contributed by atoms with Crippen LogP contribution in [0, 0.1) is 0 Å². The lowest BCUT2D eigenvalue weighted by Crippen LogP contribution is -2.26. The molecule has 1 atom stereocenters. The smallest absolute Gasteiger partial charge is 0.273 e. The number of amides is 1. The lowest BCUT2D eigenvalue weighted by atomic mass is 10.1. The summed E-state index contributed by atoms with van der Waals surface area (Å²) in [6, 6.07) is 5.69. The molecule has 8 heteroatoms. The summed E-state index contributed by atoms with van der Waals surface area (Å²) in [5.74, 6) is 1.12. The largest absolute Gasteiger partial charge is 0.493 e. The molecule has 0 spiro atoms. The SMILES string of the molecule is COc1cccc(CCNC(=O)c2cn(C[C@@H]3CCCO3)nn2)c1OC. The summed E-state index contributed by atoms with van der Waals surface area (Å²) in [4.78, 5) is 12.2. The van der Waals surface area contributed by atoms with E-state index in [-0.39, 0.29) is 12.0 Å². The van der Waals surface area contributed by atoms with Crippen molar-refractivity contribution in [2.75, 3.05) is 27.4 Å². The van der Waals surface area contributed by atoms with Crippen LogP contribution in [-0.4, -0.2) is 54.4 Å². The van der Waals surface area contributed by atoms with Crippen molar-refractivity contribution in [1.82, 2.24) is 20.3 Å². The van der Waals surface area contributed by atoms with E-state index in [0.29, 0.717) is 36.7 Å². The summed E-state index contributed by atoms with van der Waals surface area (Å²) < 4.78 is 17.9. The number of methoxy groups -OCH3 is 2. The van der Waals surface area contributed by atoms with Crippen molar-refractivity contribution in [3.8, 4) is 11.5 Å². The molecule has 0 bridgehead atoms. The number of nitrogens with zero attached hydrogens (tertiary/aromatic N) is 3. The Bertz CT molecular complexity index is 741. The fourth-order valence-electron chi connectivity index (χ4n) is 3.04. The summed E-state index contributed by atoms with van der Waals surface area (Å²) in [6.45, 7) is 1.88. The molecule has 2 aromatic rings. The van der Waals surface area contributed by atoms with Crippen LogP contribution in [0.3, 0.4) is 0 Å². The van der Waals surface area contributed by atoms with Crippen LogP contribution >= 0.6 is 0 Å². The minimum absolute atomic E-state index is 0.160. The van der Waals surface area contributed by atoms with Crippen LogP contribution in [0.25, 0.3) is 0 Å². The van der Waals surface area contributed by atoms with Gasteiger partial charge in [-0.15, -0.1) is 5.10 Å². The van der Waals surface area contributed by atoms with Crippen LogP contribution in [0.2, 0.25) is 0 Å². The van der Waals surface area contributed by atoms with E-state index in [0.717, 1.165) is 25.0 Å². The Balaban J connectivity index is 1.52. The molecule has 1 aliphatic rings. The topological polar surface area (TPSA) is 87.5 Å². The first kappa shape index (κ1) is 18.2. The molecule has 1 fully saturated rings. The maximum absolute atomic E-state index is 12.2. The molecule has 1 N–H and O–H groups in total.